The summed E-state index contributed by atoms with van der Waals surface area (Å²) in [4.78, 5) is 14.5. The molecule has 2 unspecified atom stereocenters. The second kappa shape index (κ2) is 6.25. The van der Waals surface area contributed by atoms with Crippen LogP contribution in [0.5, 0.6) is 0 Å². The van der Waals surface area contributed by atoms with Crippen molar-refractivity contribution < 1.29 is 4.79 Å². The lowest BCUT2D eigenvalue weighted by molar-refractivity contribution is 0.0573. The molecule has 0 radical (unpaired) electrons. The molecule has 1 aliphatic rings. The average molecular weight is 346 g/mol. The molecule has 0 bridgehead atoms. The first-order valence-corrected chi connectivity index (χ1v) is 7.65. The lowest BCUT2D eigenvalue weighted by Gasteiger charge is -2.38. The summed E-state index contributed by atoms with van der Waals surface area (Å²) in [6.07, 6.45) is 2.01. The molecule has 1 aromatic carbocycles. The third-order valence-corrected chi connectivity index (χ3v) is 4.30. The molecule has 0 spiro atoms. The zero-order chi connectivity index (χ0) is 14.0. The van der Waals surface area contributed by atoms with E-state index in [2.05, 4.69) is 22.9 Å². The van der Waals surface area contributed by atoms with Crippen molar-refractivity contribution in [1.82, 2.24) is 4.90 Å². The molecule has 1 saturated heterocycles. The summed E-state index contributed by atoms with van der Waals surface area (Å²) in [5.41, 5.74) is 6.42. The van der Waals surface area contributed by atoms with E-state index in [1.54, 1.807) is 18.2 Å². The molecule has 5 heteroatoms. The van der Waals surface area contributed by atoms with Gasteiger partial charge in [-0.1, -0.05) is 34.5 Å². The number of nitrogens with zero attached hydrogens (tertiary/aromatic N) is 1. The van der Waals surface area contributed by atoms with Crippen LogP contribution in [0.2, 0.25) is 5.02 Å². The first-order chi connectivity index (χ1) is 9.01. The number of likely N-dealkylation sites (tertiary alicyclic amines) is 1. The van der Waals surface area contributed by atoms with Crippen molar-refractivity contribution in [3.8, 4) is 0 Å². The van der Waals surface area contributed by atoms with Crippen LogP contribution in [0.1, 0.15) is 30.1 Å². The van der Waals surface area contributed by atoms with Crippen LogP contribution in [0.4, 0.5) is 0 Å². The van der Waals surface area contributed by atoms with Gasteiger partial charge in [-0.15, -0.1) is 0 Å². The van der Waals surface area contributed by atoms with Crippen molar-refractivity contribution in [2.24, 2.45) is 11.7 Å². The number of hydrogen-bond donors (Lipinski definition) is 1. The summed E-state index contributed by atoms with van der Waals surface area (Å²) in [6.45, 7) is 3.49. The van der Waals surface area contributed by atoms with Crippen LogP contribution >= 0.6 is 27.5 Å². The number of carbonyl (C=O) groups is 1. The van der Waals surface area contributed by atoms with Gasteiger partial charge in [0.15, 0.2) is 0 Å². The van der Waals surface area contributed by atoms with Crippen LogP contribution in [-0.4, -0.2) is 29.9 Å². The Balaban J connectivity index is 2.22. The van der Waals surface area contributed by atoms with Gasteiger partial charge in [-0.3, -0.25) is 4.79 Å². The maximum absolute atomic E-state index is 12.6. The van der Waals surface area contributed by atoms with Crippen LogP contribution in [0.15, 0.2) is 22.7 Å². The van der Waals surface area contributed by atoms with Crippen molar-refractivity contribution in [2.75, 3.05) is 13.1 Å². The highest BCUT2D eigenvalue weighted by Crippen LogP contribution is 2.26. The Hall–Kier alpha value is -0.580. The molecule has 2 N–H and O–H groups in total. The average Bonchev–Trinajstić information content (AvgIpc) is 2.36. The van der Waals surface area contributed by atoms with E-state index in [1.807, 2.05) is 4.90 Å². The van der Waals surface area contributed by atoms with Gasteiger partial charge in [-0.2, -0.15) is 0 Å². The molecule has 1 aliphatic heterocycles. The first kappa shape index (κ1) is 14.8. The van der Waals surface area contributed by atoms with Gasteiger partial charge in [-0.05, 0) is 37.0 Å². The van der Waals surface area contributed by atoms with Crippen LogP contribution < -0.4 is 5.73 Å². The third-order valence-electron chi connectivity index (χ3n) is 3.62. The van der Waals surface area contributed by atoms with Crippen molar-refractivity contribution in [3.63, 3.8) is 0 Å². The Labute approximate surface area is 127 Å². The van der Waals surface area contributed by atoms with Gasteiger partial charge >= 0.3 is 0 Å². The molecule has 0 saturated carbocycles. The first-order valence-electron chi connectivity index (χ1n) is 6.48. The molecule has 1 heterocycles. The van der Waals surface area contributed by atoms with Crippen LogP contribution in [0, 0.1) is 5.92 Å². The van der Waals surface area contributed by atoms with Gasteiger partial charge in [0.1, 0.15) is 0 Å². The Kier molecular flexibility index (Phi) is 4.87. The Morgan fingerprint density at radius 1 is 1.53 bits per heavy atom. The number of carbonyl (C=O) groups excluding carboxylic acids is 1. The van der Waals surface area contributed by atoms with Crippen molar-refractivity contribution >= 4 is 33.4 Å². The lowest BCUT2D eigenvalue weighted by atomic mass is 9.92. The number of hydrogen-bond acceptors (Lipinski definition) is 2. The SMILES string of the molecule is CC1CCN(C(=O)c2cc(Cl)cc(Br)c2)C(CN)C1. The number of nitrogens with two attached hydrogens (primary N) is 1. The summed E-state index contributed by atoms with van der Waals surface area (Å²) in [6, 6.07) is 5.42. The topological polar surface area (TPSA) is 46.3 Å². The maximum atomic E-state index is 12.6. The van der Waals surface area contributed by atoms with Crippen LogP contribution in [0.3, 0.4) is 0 Å². The number of piperidine rings is 1. The van der Waals surface area contributed by atoms with E-state index < -0.39 is 0 Å². The predicted octanol–water partition coefficient (Wildman–Crippen LogP) is 3.30. The fourth-order valence-electron chi connectivity index (χ4n) is 2.59. The van der Waals surface area contributed by atoms with E-state index >= 15 is 0 Å². The third kappa shape index (κ3) is 3.50. The van der Waals surface area contributed by atoms with Gasteiger partial charge in [0.05, 0.1) is 0 Å². The monoisotopic (exact) mass is 344 g/mol. The zero-order valence-corrected chi connectivity index (χ0v) is 13.2. The van der Waals surface area contributed by atoms with E-state index in [0.29, 0.717) is 23.0 Å². The van der Waals surface area contributed by atoms with Gasteiger partial charge in [-0.25, -0.2) is 0 Å². The maximum Gasteiger partial charge on any atom is 0.254 e. The summed E-state index contributed by atoms with van der Waals surface area (Å²) in [7, 11) is 0. The Morgan fingerprint density at radius 2 is 2.26 bits per heavy atom. The summed E-state index contributed by atoms with van der Waals surface area (Å²) >= 11 is 9.37. The summed E-state index contributed by atoms with van der Waals surface area (Å²) in [5.74, 6) is 0.647. The number of amides is 1. The van der Waals surface area contributed by atoms with Crippen LogP contribution in [-0.2, 0) is 0 Å². The minimum Gasteiger partial charge on any atom is -0.334 e. The standard InChI is InChI=1S/C14H18BrClN2O/c1-9-2-3-18(13(4-9)8-17)14(19)10-5-11(15)7-12(16)6-10/h5-7,9,13H,2-4,8,17H2,1H3. The van der Waals surface area contributed by atoms with Gasteiger partial charge in [0.2, 0.25) is 0 Å². The van der Waals surface area contributed by atoms with Gasteiger partial charge < -0.3 is 10.6 Å². The van der Waals surface area contributed by atoms with E-state index in [9.17, 15) is 4.79 Å². The highest BCUT2D eigenvalue weighted by Gasteiger charge is 2.29. The molecule has 19 heavy (non-hydrogen) atoms. The van der Waals surface area contributed by atoms with E-state index in [1.165, 1.54) is 0 Å². The largest absolute Gasteiger partial charge is 0.334 e. The van der Waals surface area contributed by atoms with Crippen LogP contribution in [0.25, 0.3) is 0 Å². The molecular weight excluding hydrogens is 328 g/mol. The second-order valence-corrected chi connectivity index (χ2v) is 6.53. The molecule has 3 nitrogen and oxygen atoms in total. The number of rotatable bonds is 2. The van der Waals surface area contributed by atoms with Gasteiger partial charge in [0.25, 0.3) is 5.91 Å². The molecule has 2 atom stereocenters. The smallest absolute Gasteiger partial charge is 0.254 e. The molecule has 0 aromatic heterocycles. The molecule has 0 aliphatic carbocycles. The molecular formula is C14H18BrClN2O. The van der Waals surface area contributed by atoms with Crippen molar-refractivity contribution in [2.45, 2.75) is 25.8 Å². The summed E-state index contributed by atoms with van der Waals surface area (Å²) < 4.78 is 0.818. The summed E-state index contributed by atoms with van der Waals surface area (Å²) in [5, 5.41) is 0.562. The molecule has 1 amide bonds. The zero-order valence-electron chi connectivity index (χ0n) is 10.9. The fraction of sp³-hybridized carbons (Fsp3) is 0.500. The van der Waals surface area contributed by atoms with Crippen molar-refractivity contribution in [3.05, 3.63) is 33.3 Å². The Morgan fingerprint density at radius 3 is 2.89 bits per heavy atom. The number of halogens is 2. The highest BCUT2D eigenvalue weighted by molar-refractivity contribution is 9.10. The minimum atomic E-state index is 0.0190. The predicted molar refractivity (Wildman–Crippen MR) is 81.4 cm³/mol. The van der Waals surface area contributed by atoms with E-state index in [4.69, 9.17) is 17.3 Å². The van der Waals surface area contributed by atoms with E-state index in [-0.39, 0.29) is 11.9 Å². The Bertz CT molecular complexity index is 460. The normalized spacial score (nSPS) is 23.5. The molecule has 1 fully saturated rings. The minimum absolute atomic E-state index is 0.0190. The lowest BCUT2D eigenvalue weighted by Crippen LogP contribution is -2.49. The quantitative estimate of drug-likeness (QED) is 0.894. The molecule has 2 rings (SSSR count). The fourth-order valence-corrected chi connectivity index (χ4v) is 3.45. The molecule has 1 aromatic rings. The second-order valence-electron chi connectivity index (χ2n) is 5.18. The number of benzene rings is 1. The molecule has 104 valence electrons. The highest BCUT2D eigenvalue weighted by atomic mass is 79.9. The van der Waals surface area contributed by atoms with Crippen molar-refractivity contribution in [1.29, 1.82) is 0 Å². The van der Waals surface area contributed by atoms with Gasteiger partial charge in [0, 0.05) is 34.2 Å². The van der Waals surface area contributed by atoms with E-state index in [0.717, 1.165) is 23.9 Å².